The maximum absolute atomic E-state index is 17.4. The van der Waals surface area contributed by atoms with E-state index in [4.69, 9.17) is 16.1 Å². The molecule has 2 aromatic carbocycles. The van der Waals surface area contributed by atoms with Gasteiger partial charge in [-0.15, -0.1) is 6.42 Å². The van der Waals surface area contributed by atoms with Crippen molar-refractivity contribution >= 4 is 27.5 Å². The van der Waals surface area contributed by atoms with Crippen molar-refractivity contribution in [3.8, 4) is 35.4 Å². The summed E-state index contributed by atoms with van der Waals surface area (Å²) in [6.45, 7) is 2.47. The zero-order chi connectivity index (χ0) is 31.9. The molecule has 46 heavy (non-hydrogen) atoms. The second kappa shape index (κ2) is 10.6. The molecule has 2 aliphatic heterocycles. The number of fused-ring (bicyclic) bond motifs is 4. The number of anilines is 1. The fraction of sp³-hybridized carbons (Fsp3) is 0.457. The lowest BCUT2D eigenvalue weighted by atomic mass is 9.95. The number of nitrogens with zero attached hydrogens (tertiary/aromatic N) is 5. The number of phenolic OH excluding ortho intramolecular Hbond substituents is 1. The van der Waals surface area contributed by atoms with Crippen molar-refractivity contribution in [1.29, 1.82) is 0 Å². The summed E-state index contributed by atoms with van der Waals surface area (Å²) in [5.41, 5.74) is -0.619. The number of hydrogen-bond donors (Lipinski definition) is 2. The maximum atomic E-state index is 17.4. The average Bonchev–Trinajstić information content (AvgIpc) is 3.96. The monoisotopic (exact) mass is 626 g/mol. The largest absolute Gasteiger partial charge is 0.508 e. The highest BCUT2D eigenvalue weighted by atomic mass is 19.1. The van der Waals surface area contributed by atoms with Crippen molar-refractivity contribution in [3.63, 3.8) is 0 Å². The van der Waals surface area contributed by atoms with Gasteiger partial charge in [-0.2, -0.15) is 9.97 Å². The number of hydrogen-bond acceptors (Lipinski definition) is 8. The first-order valence-corrected chi connectivity index (χ1v) is 16.0. The minimum atomic E-state index is -0.762. The summed E-state index contributed by atoms with van der Waals surface area (Å²) in [5, 5.41) is 15.1. The van der Waals surface area contributed by atoms with Gasteiger partial charge < -0.3 is 29.5 Å². The van der Waals surface area contributed by atoms with Crippen molar-refractivity contribution in [2.45, 2.75) is 56.7 Å². The summed E-state index contributed by atoms with van der Waals surface area (Å²) in [7, 11) is 4.04. The molecule has 238 valence electrons. The molecule has 9 nitrogen and oxygen atoms in total. The number of aromatic nitrogens is 3. The molecule has 2 N–H and O–H groups in total. The van der Waals surface area contributed by atoms with E-state index in [0.29, 0.717) is 43.7 Å². The predicted molar refractivity (Wildman–Crippen MR) is 172 cm³/mol. The van der Waals surface area contributed by atoms with Crippen LogP contribution in [0, 0.1) is 29.4 Å². The van der Waals surface area contributed by atoms with Gasteiger partial charge in [-0.3, -0.25) is 4.79 Å². The van der Waals surface area contributed by atoms with Crippen LogP contribution in [0.15, 0.2) is 29.1 Å². The van der Waals surface area contributed by atoms with Gasteiger partial charge in [0.2, 0.25) is 0 Å². The lowest BCUT2D eigenvalue weighted by Crippen LogP contribution is -2.51. The van der Waals surface area contributed by atoms with Gasteiger partial charge >= 0.3 is 6.01 Å². The van der Waals surface area contributed by atoms with Gasteiger partial charge in [-0.25, -0.2) is 8.78 Å². The number of ether oxygens (including phenoxy) is 1. The van der Waals surface area contributed by atoms with Gasteiger partial charge in [-0.1, -0.05) is 12.0 Å². The Morgan fingerprint density at radius 2 is 1.85 bits per heavy atom. The fourth-order valence-electron chi connectivity index (χ4n) is 7.58. The first kappa shape index (κ1) is 29.2. The quantitative estimate of drug-likeness (QED) is 0.275. The van der Waals surface area contributed by atoms with Crippen LogP contribution in [-0.2, 0) is 0 Å². The lowest BCUT2D eigenvalue weighted by molar-refractivity contribution is 0.183. The van der Waals surface area contributed by atoms with Crippen LogP contribution in [0.3, 0.4) is 0 Å². The molecule has 4 aliphatic rings. The summed E-state index contributed by atoms with van der Waals surface area (Å²) in [6.07, 6.45) is 11.2. The predicted octanol–water partition coefficient (Wildman–Crippen LogP) is 4.57. The van der Waals surface area contributed by atoms with E-state index >= 15 is 8.78 Å². The molecule has 4 aromatic rings. The first-order chi connectivity index (χ1) is 22.1. The Hall–Kier alpha value is -4.27. The third kappa shape index (κ3) is 4.86. The standard InChI is InChI=1S/C35H36F2N6O3/c1-4-24-26(36)10-5-19-13-23(44)14-25(27(19)24)31-29(37)30-28(33(45)43(31)22-8-9-22)32(42-15-20-6-7-21(16-42)38-20)40-34(39-30)46-18-35(11-12-35)17-41(2)3/h1,5,10,13-14,20-22,38,44H,6-9,11-12,15-18H2,2-3H3. The molecule has 2 atom stereocenters. The Morgan fingerprint density at radius 1 is 1.11 bits per heavy atom. The van der Waals surface area contributed by atoms with Crippen LogP contribution in [0.2, 0.25) is 0 Å². The molecule has 2 aromatic heterocycles. The van der Waals surface area contributed by atoms with Gasteiger partial charge in [0.05, 0.1) is 17.9 Å². The number of phenols is 1. The van der Waals surface area contributed by atoms with E-state index < -0.39 is 17.2 Å². The highest BCUT2D eigenvalue weighted by Crippen LogP contribution is 2.47. The summed E-state index contributed by atoms with van der Waals surface area (Å²) >= 11 is 0. The maximum Gasteiger partial charge on any atom is 0.319 e. The van der Waals surface area contributed by atoms with Crippen LogP contribution in [-0.4, -0.2) is 77.0 Å². The summed E-state index contributed by atoms with van der Waals surface area (Å²) in [4.78, 5) is 28.2. The molecule has 2 saturated heterocycles. The van der Waals surface area contributed by atoms with Gasteiger partial charge in [0.1, 0.15) is 28.3 Å². The van der Waals surface area contributed by atoms with Crippen LogP contribution in [0.5, 0.6) is 11.8 Å². The van der Waals surface area contributed by atoms with Gasteiger partial charge in [0.25, 0.3) is 5.56 Å². The van der Waals surface area contributed by atoms with E-state index in [1.165, 1.54) is 28.8 Å². The minimum absolute atomic E-state index is 0.0166. The second-order valence-corrected chi connectivity index (χ2v) is 13.8. The first-order valence-electron chi connectivity index (χ1n) is 16.0. The zero-order valence-electron chi connectivity index (χ0n) is 25.9. The smallest absolute Gasteiger partial charge is 0.319 e. The number of rotatable bonds is 8. The number of benzene rings is 2. The van der Waals surface area contributed by atoms with Crippen molar-refractivity contribution in [3.05, 3.63) is 51.8 Å². The summed E-state index contributed by atoms with van der Waals surface area (Å²) in [6, 6.07) is 5.73. The van der Waals surface area contributed by atoms with E-state index in [1.54, 1.807) is 0 Å². The molecule has 2 bridgehead atoms. The van der Waals surface area contributed by atoms with E-state index in [-0.39, 0.29) is 68.4 Å². The third-order valence-corrected chi connectivity index (χ3v) is 9.95. The normalized spacial score (nSPS) is 21.7. The topological polar surface area (TPSA) is 95.8 Å². The summed E-state index contributed by atoms with van der Waals surface area (Å²) < 4.78 is 40.1. The Kier molecular flexibility index (Phi) is 6.74. The van der Waals surface area contributed by atoms with Crippen molar-refractivity contribution in [2.24, 2.45) is 5.41 Å². The molecule has 0 amide bonds. The van der Waals surface area contributed by atoms with Crippen molar-refractivity contribution in [1.82, 2.24) is 24.8 Å². The van der Waals surface area contributed by atoms with E-state index in [2.05, 4.69) is 26.0 Å². The molecular formula is C35H36F2N6O3. The van der Waals surface area contributed by atoms with E-state index in [9.17, 15) is 9.90 Å². The van der Waals surface area contributed by atoms with Crippen LogP contribution in [0.25, 0.3) is 32.9 Å². The Morgan fingerprint density at radius 3 is 2.50 bits per heavy atom. The van der Waals surface area contributed by atoms with Crippen molar-refractivity contribution < 1.29 is 18.6 Å². The average molecular weight is 627 g/mol. The highest BCUT2D eigenvalue weighted by molar-refractivity contribution is 6.03. The van der Waals surface area contributed by atoms with Crippen LogP contribution in [0.4, 0.5) is 14.6 Å². The summed E-state index contributed by atoms with van der Waals surface area (Å²) in [5.74, 6) is 1.20. The number of terminal acetylenes is 1. The van der Waals surface area contributed by atoms with Gasteiger partial charge in [-0.05, 0) is 76.2 Å². The molecule has 11 heteroatoms. The molecule has 2 saturated carbocycles. The molecule has 0 spiro atoms. The van der Waals surface area contributed by atoms with Gasteiger partial charge in [0.15, 0.2) is 5.82 Å². The molecule has 2 unspecified atom stereocenters. The number of nitrogens with one attached hydrogen (secondary N) is 1. The number of aromatic hydroxyl groups is 1. The number of pyridine rings is 1. The van der Waals surface area contributed by atoms with E-state index in [0.717, 1.165) is 32.2 Å². The molecule has 4 fully saturated rings. The van der Waals surface area contributed by atoms with Crippen molar-refractivity contribution in [2.75, 3.05) is 45.2 Å². The SMILES string of the molecule is C#Cc1c(F)ccc2cc(O)cc(-c3c(F)c4nc(OCC5(CN(C)C)CC5)nc(N5CC6CCC(C5)N6)c4c(=O)n3C3CC3)c12. The zero-order valence-corrected chi connectivity index (χ0v) is 25.9. The fourth-order valence-corrected chi connectivity index (χ4v) is 7.58. The minimum Gasteiger partial charge on any atom is -0.508 e. The van der Waals surface area contributed by atoms with Gasteiger partial charge in [0, 0.05) is 54.1 Å². The Bertz CT molecular complexity index is 2000. The van der Waals surface area contributed by atoms with E-state index in [1.807, 2.05) is 14.1 Å². The number of piperazine rings is 1. The molecular weight excluding hydrogens is 590 g/mol. The second-order valence-electron chi connectivity index (χ2n) is 13.8. The molecule has 2 aliphatic carbocycles. The van der Waals surface area contributed by atoms with Crippen LogP contribution < -0.4 is 20.5 Å². The number of halogens is 2. The third-order valence-electron chi connectivity index (χ3n) is 9.95. The molecule has 0 radical (unpaired) electrons. The Labute approximate surface area is 265 Å². The molecule has 8 rings (SSSR count). The molecule has 4 heterocycles. The van der Waals surface area contributed by atoms with Crippen LogP contribution in [0.1, 0.15) is 50.1 Å². The Balaban J connectivity index is 1.38. The van der Waals surface area contributed by atoms with Crippen LogP contribution >= 0.6 is 0 Å². The highest BCUT2D eigenvalue weighted by Gasteiger charge is 2.44. The lowest BCUT2D eigenvalue weighted by Gasteiger charge is -2.34.